The molecule has 1 nitrogen and oxygen atoms in total. The lowest BCUT2D eigenvalue weighted by molar-refractivity contribution is 0.544. The summed E-state index contributed by atoms with van der Waals surface area (Å²) >= 11 is 0. The first-order chi connectivity index (χ1) is 9.72. The van der Waals surface area contributed by atoms with Gasteiger partial charge < -0.3 is 0 Å². The maximum absolute atomic E-state index is 4.68. The number of benzene rings is 1. The normalized spacial score (nSPS) is 15.7. The summed E-state index contributed by atoms with van der Waals surface area (Å²) in [6.45, 7) is 4.34. The van der Waals surface area contributed by atoms with Gasteiger partial charge in [-0.1, -0.05) is 55.5 Å². The van der Waals surface area contributed by atoms with E-state index in [9.17, 15) is 0 Å². The summed E-state index contributed by atoms with van der Waals surface area (Å²) in [5.74, 6) is 0.890. The van der Waals surface area contributed by atoms with Crippen molar-refractivity contribution in [1.82, 2.24) is 4.98 Å². The van der Waals surface area contributed by atoms with Gasteiger partial charge in [-0.25, -0.2) is 0 Å². The highest BCUT2D eigenvalue weighted by atomic mass is 14.7. The molecule has 0 spiro atoms. The topological polar surface area (TPSA) is 12.9 Å². The smallest absolute Gasteiger partial charge is 0.0704 e. The Labute approximate surface area is 122 Å². The van der Waals surface area contributed by atoms with Crippen molar-refractivity contribution < 1.29 is 0 Å². The van der Waals surface area contributed by atoms with Gasteiger partial charge >= 0.3 is 0 Å². The first-order valence-corrected chi connectivity index (χ1v) is 7.75. The molecule has 2 aromatic rings. The molecule has 1 heteroatoms. The third kappa shape index (κ3) is 2.92. The van der Waals surface area contributed by atoms with Crippen molar-refractivity contribution in [1.29, 1.82) is 0 Å². The van der Waals surface area contributed by atoms with Crippen LogP contribution in [0.1, 0.15) is 42.4 Å². The van der Waals surface area contributed by atoms with Crippen LogP contribution in [-0.2, 0) is 6.42 Å². The van der Waals surface area contributed by atoms with E-state index in [1.165, 1.54) is 54.4 Å². The SMILES string of the molecule is Cc1ccc(-c2cc(C)c(CC3CCCC3)cn2)cc1. The van der Waals surface area contributed by atoms with Crippen LogP contribution in [0.3, 0.4) is 0 Å². The highest BCUT2D eigenvalue weighted by Crippen LogP contribution is 2.29. The molecule has 0 saturated heterocycles. The van der Waals surface area contributed by atoms with Gasteiger partial charge in [0.25, 0.3) is 0 Å². The van der Waals surface area contributed by atoms with Crippen LogP contribution in [0, 0.1) is 19.8 Å². The third-order valence-electron chi connectivity index (χ3n) is 4.55. The van der Waals surface area contributed by atoms with Gasteiger partial charge in [0.05, 0.1) is 5.69 Å². The van der Waals surface area contributed by atoms with Crippen molar-refractivity contribution in [3.8, 4) is 11.3 Å². The molecule has 0 bridgehead atoms. The number of aryl methyl sites for hydroxylation is 2. The Bertz CT molecular complexity index is 577. The largest absolute Gasteiger partial charge is 0.256 e. The quantitative estimate of drug-likeness (QED) is 0.752. The fraction of sp³-hybridized carbons (Fsp3) is 0.421. The highest BCUT2D eigenvalue weighted by Gasteiger charge is 2.16. The molecule has 104 valence electrons. The summed E-state index contributed by atoms with van der Waals surface area (Å²) in [6, 6.07) is 10.9. The molecule has 0 N–H and O–H groups in total. The van der Waals surface area contributed by atoms with Crippen LogP contribution in [0.15, 0.2) is 36.5 Å². The fourth-order valence-electron chi connectivity index (χ4n) is 3.21. The minimum atomic E-state index is 0.890. The molecule has 1 heterocycles. The lowest BCUT2D eigenvalue weighted by Crippen LogP contribution is -2.02. The molecule has 1 aromatic heterocycles. The molecule has 1 aliphatic carbocycles. The zero-order valence-corrected chi connectivity index (χ0v) is 12.5. The number of nitrogens with zero attached hydrogens (tertiary/aromatic N) is 1. The monoisotopic (exact) mass is 265 g/mol. The van der Waals surface area contributed by atoms with Gasteiger partial charge in [0.15, 0.2) is 0 Å². The number of hydrogen-bond acceptors (Lipinski definition) is 1. The first kappa shape index (κ1) is 13.4. The van der Waals surface area contributed by atoms with E-state index in [4.69, 9.17) is 0 Å². The average molecular weight is 265 g/mol. The van der Waals surface area contributed by atoms with Gasteiger partial charge in [0.1, 0.15) is 0 Å². The zero-order valence-electron chi connectivity index (χ0n) is 12.5. The molecule has 0 amide bonds. The van der Waals surface area contributed by atoms with Crippen LogP contribution in [0.5, 0.6) is 0 Å². The third-order valence-corrected chi connectivity index (χ3v) is 4.55. The van der Waals surface area contributed by atoms with Gasteiger partial charge in [-0.2, -0.15) is 0 Å². The minimum absolute atomic E-state index is 0.890. The molecule has 1 aromatic carbocycles. The van der Waals surface area contributed by atoms with Crippen LogP contribution in [0.25, 0.3) is 11.3 Å². The van der Waals surface area contributed by atoms with Crippen molar-refractivity contribution >= 4 is 0 Å². The second-order valence-electron chi connectivity index (χ2n) is 6.22. The van der Waals surface area contributed by atoms with E-state index in [-0.39, 0.29) is 0 Å². The maximum atomic E-state index is 4.68. The molecule has 0 radical (unpaired) electrons. The zero-order chi connectivity index (χ0) is 13.9. The van der Waals surface area contributed by atoms with Crippen molar-refractivity contribution in [2.75, 3.05) is 0 Å². The number of aromatic nitrogens is 1. The molecule has 0 atom stereocenters. The Morgan fingerprint density at radius 1 is 1.05 bits per heavy atom. The van der Waals surface area contributed by atoms with E-state index in [2.05, 4.69) is 55.4 Å². The highest BCUT2D eigenvalue weighted by molar-refractivity contribution is 5.60. The van der Waals surface area contributed by atoms with Crippen molar-refractivity contribution in [3.05, 3.63) is 53.2 Å². The van der Waals surface area contributed by atoms with Crippen molar-refractivity contribution in [3.63, 3.8) is 0 Å². The predicted octanol–water partition coefficient (Wildman–Crippen LogP) is 5.10. The van der Waals surface area contributed by atoms with E-state index in [0.29, 0.717) is 0 Å². The summed E-state index contributed by atoms with van der Waals surface area (Å²) < 4.78 is 0. The van der Waals surface area contributed by atoms with Gasteiger partial charge in [0.2, 0.25) is 0 Å². The molecular formula is C19H23N. The van der Waals surface area contributed by atoms with Crippen LogP contribution in [0.4, 0.5) is 0 Å². The summed E-state index contributed by atoms with van der Waals surface area (Å²) in [7, 11) is 0. The van der Waals surface area contributed by atoms with Gasteiger partial charge in [-0.05, 0) is 43.4 Å². The fourth-order valence-corrected chi connectivity index (χ4v) is 3.21. The van der Waals surface area contributed by atoms with Crippen LogP contribution in [-0.4, -0.2) is 4.98 Å². The Balaban J connectivity index is 1.81. The Morgan fingerprint density at radius 3 is 2.40 bits per heavy atom. The van der Waals surface area contributed by atoms with Gasteiger partial charge in [0, 0.05) is 11.8 Å². The van der Waals surface area contributed by atoms with Gasteiger partial charge in [-0.15, -0.1) is 0 Å². The van der Waals surface area contributed by atoms with Crippen LogP contribution >= 0.6 is 0 Å². The van der Waals surface area contributed by atoms with E-state index < -0.39 is 0 Å². The van der Waals surface area contributed by atoms with E-state index in [1.54, 1.807) is 0 Å². The molecule has 1 saturated carbocycles. The predicted molar refractivity (Wildman–Crippen MR) is 84.8 cm³/mol. The van der Waals surface area contributed by atoms with E-state index in [1.807, 2.05) is 0 Å². The molecule has 3 rings (SSSR count). The Morgan fingerprint density at radius 2 is 1.75 bits per heavy atom. The molecule has 1 aliphatic rings. The Kier molecular flexibility index (Phi) is 3.86. The summed E-state index contributed by atoms with van der Waals surface area (Å²) in [5.41, 5.74) is 6.43. The number of hydrogen-bond donors (Lipinski definition) is 0. The summed E-state index contributed by atoms with van der Waals surface area (Å²) in [6.07, 6.45) is 8.95. The molecule has 0 aliphatic heterocycles. The van der Waals surface area contributed by atoms with Crippen LogP contribution < -0.4 is 0 Å². The van der Waals surface area contributed by atoms with Gasteiger partial charge in [-0.3, -0.25) is 4.98 Å². The summed E-state index contributed by atoms with van der Waals surface area (Å²) in [4.78, 5) is 4.68. The standard InChI is InChI=1S/C19H23N/c1-14-7-9-17(10-8-14)19-11-15(2)18(13-20-19)12-16-5-3-4-6-16/h7-11,13,16H,3-6,12H2,1-2H3. The summed E-state index contributed by atoms with van der Waals surface area (Å²) in [5, 5.41) is 0. The van der Waals surface area contributed by atoms with Crippen molar-refractivity contribution in [2.24, 2.45) is 5.92 Å². The van der Waals surface area contributed by atoms with Crippen molar-refractivity contribution in [2.45, 2.75) is 46.0 Å². The number of rotatable bonds is 3. The molecule has 0 unspecified atom stereocenters. The molecule has 20 heavy (non-hydrogen) atoms. The first-order valence-electron chi connectivity index (χ1n) is 7.75. The second-order valence-corrected chi connectivity index (χ2v) is 6.22. The molecular weight excluding hydrogens is 242 g/mol. The second kappa shape index (κ2) is 5.78. The number of pyridine rings is 1. The van der Waals surface area contributed by atoms with E-state index in [0.717, 1.165) is 11.6 Å². The van der Waals surface area contributed by atoms with E-state index >= 15 is 0 Å². The lowest BCUT2D eigenvalue weighted by Gasteiger charge is -2.12. The molecule has 1 fully saturated rings. The minimum Gasteiger partial charge on any atom is -0.256 e. The average Bonchev–Trinajstić information content (AvgIpc) is 2.95. The lowest BCUT2D eigenvalue weighted by atomic mass is 9.95. The van der Waals surface area contributed by atoms with Crippen LogP contribution in [0.2, 0.25) is 0 Å². The maximum Gasteiger partial charge on any atom is 0.0704 e. The Hall–Kier alpha value is -1.63.